The number of fused-ring (bicyclic) bond motifs is 3. The molecule has 0 spiro atoms. The van der Waals surface area contributed by atoms with Crippen LogP contribution in [0.4, 0.5) is 0 Å². The molecule has 6 aromatic rings. The number of phenolic OH excluding ortho intramolecular Hbond substituents is 1. The summed E-state index contributed by atoms with van der Waals surface area (Å²) in [5.41, 5.74) is 7.94. The summed E-state index contributed by atoms with van der Waals surface area (Å²) in [6.07, 6.45) is 1.83. The van der Waals surface area contributed by atoms with Gasteiger partial charge in [-0.25, -0.2) is 0 Å². The first-order valence-corrected chi connectivity index (χ1v) is 16.1. The maximum atomic E-state index is 11.8. The van der Waals surface area contributed by atoms with Crippen LogP contribution in [0.1, 0.15) is 79.0 Å². The average Bonchev–Trinajstić information content (AvgIpc) is 3.34. The molecule has 0 aliphatic carbocycles. The zero-order valence-corrected chi connectivity index (χ0v) is 30.7. The maximum Gasteiger partial charge on any atom is 0.128 e. The third-order valence-corrected chi connectivity index (χ3v) is 9.56. The van der Waals surface area contributed by atoms with Crippen molar-refractivity contribution < 1.29 is 26.2 Å². The number of thiophene rings is 1. The second-order valence-corrected chi connectivity index (χ2v) is 16.0. The Morgan fingerprint density at radius 3 is 1.96 bits per heavy atom. The zero-order valence-electron chi connectivity index (χ0n) is 27.6. The molecule has 0 amide bonds. The van der Waals surface area contributed by atoms with Crippen molar-refractivity contribution in [3.05, 3.63) is 102 Å². The first-order chi connectivity index (χ1) is 20.6. The number of nitrogens with zero attached hydrogens (tertiary/aromatic N) is 2. The summed E-state index contributed by atoms with van der Waals surface area (Å²) in [5.74, 6) is 0.299. The Kier molecular flexibility index (Phi) is 8.66. The van der Waals surface area contributed by atoms with Gasteiger partial charge in [-0.3, -0.25) is 9.97 Å². The minimum atomic E-state index is -0.238. The molecular formula is C40H41N2OPtS-. The van der Waals surface area contributed by atoms with Crippen LogP contribution in [-0.4, -0.2) is 15.1 Å². The molecule has 5 heteroatoms. The molecule has 3 nitrogen and oxygen atoms in total. The summed E-state index contributed by atoms with van der Waals surface area (Å²) in [7, 11) is 0. The predicted molar refractivity (Wildman–Crippen MR) is 188 cm³/mol. The Morgan fingerprint density at radius 1 is 0.667 bits per heavy atom. The summed E-state index contributed by atoms with van der Waals surface area (Å²) in [6.45, 7) is 19.8. The molecule has 0 fully saturated rings. The van der Waals surface area contributed by atoms with Gasteiger partial charge in [-0.15, -0.1) is 12.1 Å². The minimum Gasteiger partial charge on any atom is -0.507 e. The molecule has 3 aromatic carbocycles. The van der Waals surface area contributed by atoms with Crippen LogP contribution in [0.15, 0.2) is 79.0 Å². The van der Waals surface area contributed by atoms with Crippen molar-refractivity contribution in [1.29, 1.82) is 0 Å². The minimum absolute atomic E-state index is 0. The van der Waals surface area contributed by atoms with Gasteiger partial charge in [0.15, 0.2) is 0 Å². The molecule has 3 heterocycles. The van der Waals surface area contributed by atoms with Gasteiger partial charge in [-0.1, -0.05) is 121 Å². The molecule has 0 atom stereocenters. The molecular weight excluding hydrogens is 752 g/mol. The molecule has 45 heavy (non-hydrogen) atoms. The first kappa shape index (κ1) is 33.0. The Morgan fingerprint density at radius 2 is 1.31 bits per heavy atom. The number of aromatic hydroxyl groups is 1. The van der Waals surface area contributed by atoms with Crippen molar-refractivity contribution in [2.45, 2.75) is 78.6 Å². The topological polar surface area (TPSA) is 46.0 Å². The van der Waals surface area contributed by atoms with Gasteiger partial charge in [0.25, 0.3) is 0 Å². The molecule has 6 rings (SSSR count). The third-order valence-electron chi connectivity index (χ3n) is 8.36. The van der Waals surface area contributed by atoms with Crippen LogP contribution in [0.5, 0.6) is 5.75 Å². The molecule has 0 aliphatic heterocycles. The van der Waals surface area contributed by atoms with Crippen molar-refractivity contribution in [2.75, 3.05) is 0 Å². The van der Waals surface area contributed by atoms with Gasteiger partial charge in [0.2, 0.25) is 0 Å². The van der Waals surface area contributed by atoms with E-state index in [0.29, 0.717) is 5.75 Å². The summed E-state index contributed by atoms with van der Waals surface area (Å²) in [6, 6.07) is 29.2. The second kappa shape index (κ2) is 11.8. The van der Waals surface area contributed by atoms with Crippen LogP contribution in [0.3, 0.4) is 0 Å². The van der Waals surface area contributed by atoms with E-state index in [4.69, 9.17) is 4.98 Å². The van der Waals surface area contributed by atoms with E-state index in [0.717, 1.165) is 49.6 Å². The fourth-order valence-corrected chi connectivity index (χ4v) is 6.86. The standard InChI is InChI=1S/C40H41N2OS.Pt/c1-38(2,3)25-20-29(36(43)31(21-25)40(7,8)9)33-22-26(39(4,5)6)23-34(42-33)30-19-24(32-15-12-13-17-41-32)18-28-27-14-10-11-16-35(27)44-37(28)30;/h10-18,20-23,43H,1-9H3;/q-1;. The fraction of sp³-hybridized carbons (Fsp3) is 0.300. The van der Waals surface area contributed by atoms with E-state index in [1.807, 2.05) is 24.4 Å². The van der Waals surface area contributed by atoms with Gasteiger partial charge >= 0.3 is 0 Å². The summed E-state index contributed by atoms with van der Waals surface area (Å²) >= 11 is 1.78. The molecule has 3 aromatic heterocycles. The van der Waals surface area contributed by atoms with Crippen molar-refractivity contribution in [3.63, 3.8) is 0 Å². The van der Waals surface area contributed by atoms with Gasteiger partial charge in [-0.05, 0) is 61.7 Å². The van der Waals surface area contributed by atoms with Gasteiger partial charge < -0.3 is 5.11 Å². The molecule has 234 valence electrons. The van der Waals surface area contributed by atoms with E-state index in [1.54, 1.807) is 11.3 Å². The van der Waals surface area contributed by atoms with Gasteiger partial charge in [0.1, 0.15) is 5.75 Å². The number of hydrogen-bond donors (Lipinski definition) is 1. The zero-order chi connectivity index (χ0) is 31.6. The van der Waals surface area contributed by atoms with Crippen LogP contribution >= 0.6 is 11.3 Å². The van der Waals surface area contributed by atoms with Crippen LogP contribution < -0.4 is 0 Å². The van der Waals surface area contributed by atoms with Crippen LogP contribution in [0.25, 0.3) is 53.9 Å². The van der Waals surface area contributed by atoms with Crippen molar-refractivity contribution in [1.82, 2.24) is 9.97 Å². The van der Waals surface area contributed by atoms with Crippen molar-refractivity contribution >= 4 is 31.5 Å². The van der Waals surface area contributed by atoms with E-state index >= 15 is 0 Å². The number of pyridine rings is 2. The third kappa shape index (κ3) is 6.37. The maximum absolute atomic E-state index is 11.8. The van der Waals surface area contributed by atoms with Crippen LogP contribution in [-0.2, 0) is 37.3 Å². The van der Waals surface area contributed by atoms with Crippen molar-refractivity contribution in [3.8, 4) is 39.5 Å². The van der Waals surface area contributed by atoms with E-state index < -0.39 is 0 Å². The van der Waals surface area contributed by atoms with Crippen LogP contribution in [0, 0.1) is 6.07 Å². The molecule has 0 saturated carbocycles. The summed E-state index contributed by atoms with van der Waals surface area (Å²) in [5, 5.41) is 14.2. The predicted octanol–water partition coefficient (Wildman–Crippen LogP) is 11.2. The van der Waals surface area contributed by atoms with Gasteiger partial charge in [0.05, 0.1) is 5.69 Å². The van der Waals surface area contributed by atoms with E-state index in [2.05, 4.69) is 128 Å². The van der Waals surface area contributed by atoms with E-state index in [9.17, 15) is 5.11 Å². The molecule has 0 radical (unpaired) electrons. The Hall–Kier alpha value is -3.33. The second-order valence-electron chi connectivity index (χ2n) is 14.9. The molecule has 0 aliphatic rings. The number of aromatic nitrogens is 2. The van der Waals surface area contributed by atoms with Crippen LogP contribution in [0.2, 0.25) is 0 Å². The van der Waals surface area contributed by atoms with E-state index in [1.165, 1.54) is 21.0 Å². The van der Waals surface area contributed by atoms with Gasteiger partial charge in [0, 0.05) is 54.5 Å². The normalized spacial score (nSPS) is 12.5. The number of hydrogen-bond acceptors (Lipinski definition) is 4. The molecule has 1 N–H and O–H groups in total. The van der Waals surface area contributed by atoms with E-state index in [-0.39, 0.29) is 37.3 Å². The Balaban J connectivity index is 0.00000400. The molecule has 0 unspecified atom stereocenters. The van der Waals surface area contributed by atoms with Crippen molar-refractivity contribution in [2.24, 2.45) is 0 Å². The smallest absolute Gasteiger partial charge is 0.128 e. The monoisotopic (exact) mass is 792 g/mol. The summed E-state index contributed by atoms with van der Waals surface area (Å²) < 4.78 is 2.38. The summed E-state index contributed by atoms with van der Waals surface area (Å²) in [4.78, 5) is 10.0. The quantitative estimate of drug-likeness (QED) is 0.182. The molecule has 0 saturated heterocycles. The Bertz CT molecular complexity index is 2020. The largest absolute Gasteiger partial charge is 0.507 e. The fourth-order valence-electron chi connectivity index (χ4n) is 5.67. The number of benzene rings is 3. The Labute approximate surface area is 286 Å². The van der Waals surface area contributed by atoms with Gasteiger partial charge in [-0.2, -0.15) is 11.3 Å². The number of rotatable bonds is 3. The SMILES string of the molecule is CC(C)(C)c1cc(-c2cc(C(C)(C)C)cc(C(C)(C)C)c2O)nc(-c2[c-]c(-c3ccccn3)cc3c2sc2ccccc23)c1.[Pt]. The molecule has 0 bridgehead atoms. The number of phenols is 1. The first-order valence-electron chi connectivity index (χ1n) is 15.3. The average molecular weight is 793 g/mol.